The van der Waals surface area contributed by atoms with Gasteiger partial charge in [-0.15, -0.1) is 0 Å². The van der Waals surface area contributed by atoms with Crippen molar-refractivity contribution >= 4 is 25.0 Å². The van der Waals surface area contributed by atoms with E-state index < -0.39 is 0 Å². The number of nitrogens with zero attached hydrogens (tertiary/aromatic N) is 2. The van der Waals surface area contributed by atoms with E-state index in [1.807, 2.05) is 4.90 Å². The summed E-state index contributed by atoms with van der Waals surface area (Å²) in [5, 5.41) is 1.54. The molecule has 0 saturated heterocycles. The summed E-state index contributed by atoms with van der Waals surface area (Å²) >= 11 is 0. The molecule has 3 nitrogen and oxygen atoms in total. The second kappa shape index (κ2) is 9.74. The number of carbonyl (C=O) groups excluding carboxylic acids is 1. The van der Waals surface area contributed by atoms with E-state index in [0.717, 1.165) is 17.2 Å². The second-order valence-corrected chi connectivity index (χ2v) is 13.7. The van der Waals surface area contributed by atoms with Crippen molar-refractivity contribution in [3.8, 4) is 0 Å². The largest absolute Gasteiger partial charge is 0.295 e. The first-order valence-electron chi connectivity index (χ1n) is 12.6. The number of amidine groups is 1. The molecule has 0 radical (unpaired) electrons. The molecule has 2 fully saturated rings. The Hall–Kier alpha value is -1.21. The summed E-state index contributed by atoms with van der Waals surface area (Å²) in [4.78, 5) is 19.8. The van der Waals surface area contributed by atoms with Crippen molar-refractivity contribution in [1.82, 2.24) is 4.90 Å². The number of aliphatic imine (C=N–C) groups is 1. The van der Waals surface area contributed by atoms with Gasteiger partial charge in [0.1, 0.15) is 5.84 Å². The van der Waals surface area contributed by atoms with Crippen molar-refractivity contribution in [1.29, 1.82) is 0 Å². The Balaban J connectivity index is 1.77. The van der Waals surface area contributed by atoms with Gasteiger partial charge in [0.2, 0.25) is 5.91 Å². The molecular weight excluding hydrogens is 399 g/mol. The van der Waals surface area contributed by atoms with Crippen LogP contribution in [-0.2, 0) is 4.79 Å². The Labute approximate surface area is 190 Å². The predicted molar refractivity (Wildman–Crippen MR) is 134 cm³/mol. The van der Waals surface area contributed by atoms with E-state index in [0.29, 0.717) is 6.54 Å². The molecule has 3 aliphatic rings. The number of benzene rings is 1. The molecule has 0 bridgehead atoms. The van der Waals surface area contributed by atoms with Crippen molar-refractivity contribution in [2.45, 2.75) is 109 Å². The third-order valence-corrected chi connectivity index (χ3v) is 11.2. The minimum absolute atomic E-state index is 0.0574. The zero-order chi connectivity index (χ0) is 22.0. The Morgan fingerprint density at radius 2 is 1.48 bits per heavy atom. The van der Waals surface area contributed by atoms with Gasteiger partial charge < -0.3 is 0 Å². The van der Waals surface area contributed by atoms with Gasteiger partial charge in [-0.25, -0.2) is 0 Å². The third kappa shape index (κ3) is 5.08. The van der Waals surface area contributed by atoms with Crippen LogP contribution in [0.5, 0.6) is 0 Å². The molecule has 1 aliphatic heterocycles. The lowest BCUT2D eigenvalue weighted by atomic mass is 9.87. The van der Waals surface area contributed by atoms with Crippen molar-refractivity contribution < 1.29 is 4.79 Å². The van der Waals surface area contributed by atoms with Crippen LogP contribution in [0.15, 0.2) is 29.3 Å². The van der Waals surface area contributed by atoms with Crippen LogP contribution in [0.1, 0.15) is 97.5 Å². The summed E-state index contributed by atoms with van der Waals surface area (Å²) in [6.45, 7) is 9.14. The average molecular weight is 441 g/mol. The molecule has 31 heavy (non-hydrogen) atoms. The average Bonchev–Trinajstić information content (AvgIpc) is 3.22. The van der Waals surface area contributed by atoms with Gasteiger partial charge in [-0.2, -0.15) is 0 Å². The van der Waals surface area contributed by atoms with Gasteiger partial charge in [0.05, 0.1) is 12.6 Å². The molecule has 1 heterocycles. The number of rotatable bonds is 4. The maximum absolute atomic E-state index is 12.6. The van der Waals surface area contributed by atoms with Crippen molar-refractivity contribution in [3.05, 3.63) is 29.8 Å². The van der Waals surface area contributed by atoms with Crippen molar-refractivity contribution in [2.75, 3.05) is 6.54 Å². The van der Waals surface area contributed by atoms with Crippen LogP contribution in [-0.4, -0.2) is 40.5 Å². The first-order valence-corrected chi connectivity index (χ1v) is 14.1. The Morgan fingerprint density at radius 1 is 0.935 bits per heavy atom. The summed E-state index contributed by atoms with van der Waals surface area (Å²) < 4.78 is 0. The van der Waals surface area contributed by atoms with Crippen LogP contribution < -0.4 is 5.30 Å². The molecule has 170 valence electrons. The summed E-state index contributed by atoms with van der Waals surface area (Å²) in [7, 11) is -0.228. The Morgan fingerprint density at radius 3 is 2.00 bits per heavy atom. The van der Waals surface area contributed by atoms with Crippen LogP contribution in [0.2, 0.25) is 0 Å². The van der Waals surface area contributed by atoms with Gasteiger partial charge in [0.15, 0.2) is 0 Å². The fourth-order valence-corrected chi connectivity index (χ4v) is 9.71. The lowest BCUT2D eigenvalue weighted by Gasteiger charge is -2.39. The predicted octanol–water partition coefficient (Wildman–Crippen LogP) is 6.48. The molecular formula is C27H41N2OP. The first kappa shape index (κ1) is 23.0. The summed E-state index contributed by atoms with van der Waals surface area (Å²) in [6.07, 6.45) is 14.0. The number of carbonyl (C=O) groups is 1. The molecule has 4 heteroatoms. The monoisotopic (exact) mass is 440 g/mol. The van der Waals surface area contributed by atoms with Crippen LogP contribution in [0.25, 0.3) is 0 Å². The SMILES string of the molecule is CC(=O)N1CC(C(C)(C)C)N=C1c1ccccc1P(C1CCCCC1)C1CCCCC1. The fraction of sp³-hybridized carbons (Fsp3) is 0.704. The van der Waals surface area contributed by atoms with E-state index in [9.17, 15) is 4.79 Å². The summed E-state index contributed by atoms with van der Waals surface area (Å²) in [6, 6.07) is 9.20. The maximum atomic E-state index is 12.6. The zero-order valence-corrected chi connectivity index (χ0v) is 21.0. The standard InChI is InChI=1S/C27H41N2OP/c1-20(30)29-19-25(27(2,3)4)28-26(29)23-17-11-12-18-24(23)31(21-13-7-5-8-14-21)22-15-9-6-10-16-22/h11-12,17-18,21-22,25H,5-10,13-16,19H2,1-4H3. The first-order chi connectivity index (χ1) is 14.9. The summed E-state index contributed by atoms with van der Waals surface area (Å²) in [5.74, 6) is 1.07. The quantitative estimate of drug-likeness (QED) is 0.493. The smallest absolute Gasteiger partial charge is 0.225 e. The molecule has 0 N–H and O–H groups in total. The van der Waals surface area contributed by atoms with E-state index in [1.54, 1.807) is 6.92 Å². The highest BCUT2D eigenvalue weighted by molar-refractivity contribution is 7.67. The molecule has 1 unspecified atom stereocenters. The normalized spacial score (nSPS) is 24.0. The third-order valence-electron chi connectivity index (χ3n) is 7.63. The number of hydrogen-bond acceptors (Lipinski definition) is 2. The minimum atomic E-state index is -0.228. The van der Waals surface area contributed by atoms with Crippen LogP contribution in [0, 0.1) is 5.41 Å². The molecule has 1 aromatic rings. The number of amides is 1. The molecule has 2 aliphatic carbocycles. The van der Waals surface area contributed by atoms with Crippen LogP contribution in [0.3, 0.4) is 0 Å². The molecule has 0 spiro atoms. The lowest BCUT2D eigenvalue weighted by molar-refractivity contribution is -0.125. The van der Waals surface area contributed by atoms with Gasteiger partial charge in [-0.3, -0.25) is 14.7 Å². The highest BCUT2D eigenvalue weighted by Crippen LogP contribution is 2.55. The van der Waals surface area contributed by atoms with E-state index in [1.165, 1.54) is 75.1 Å². The van der Waals surface area contributed by atoms with E-state index in [2.05, 4.69) is 45.0 Å². The molecule has 0 aromatic heterocycles. The van der Waals surface area contributed by atoms with Gasteiger partial charge in [0.25, 0.3) is 0 Å². The van der Waals surface area contributed by atoms with Crippen molar-refractivity contribution in [2.24, 2.45) is 10.4 Å². The maximum Gasteiger partial charge on any atom is 0.225 e. The highest BCUT2D eigenvalue weighted by Gasteiger charge is 2.39. The Bertz CT molecular complexity index is 782. The van der Waals surface area contributed by atoms with Crippen molar-refractivity contribution in [3.63, 3.8) is 0 Å². The number of hydrogen-bond donors (Lipinski definition) is 0. The topological polar surface area (TPSA) is 32.7 Å². The van der Waals surface area contributed by atoms with E-state index >= 15 is 0 Å². The van der Waals surface area contributed by atoms with E-state index in [-0.39, 0.29) is 25.3 Å². The minimum Gasteiger partial charge on any atom is -0.295 e. The van der Waals surface area contributed by atoms with Crippen LogP contribution in [0.4, 0.5) is 0 Å². The van der Waals surface area contributed by atoms with Gasteiger partial charge in [-0.05, 0) is 47.7 Å². The van der Waals surface area contributed by atoms with Crippen LogP contribution >= 0.6 is 7.92 Å². The Kier molecular flexibility index (Phi) is 7.21. The van der Waals surface area contributed by atoms with E-state index in [4.69, 9.17) is 4.99 Å². The summed E-state index contributed by atoms with van der Waals surface area (Å²) in [5.41, 5.74) is 3.01. The molecule has 1 atom stereocenters. The van der Waals surface area contributed by atoms with Gasteiger partial charge in [-0.1, -0.05) is 91.5 Å². The van der Waals surface area contributed by atoms with Gasteiger partial charge >= 0.3 is 0 Å². The zero-order valence-electron chi connectivity index (χ0n) is 20.1. The molecule has 4 rings (SSSR count). The van der Waals surface area contributed by atoms with Gasteiger partial charge in [0, 0.05) is 12.5 Å². The second-order valence-electron chi connectivity index (χ2n) is 11.0. The molecule has 2 saturated carbocycles. The molecule has 1 aromatic carbocycles. The molecule has 1 amide bonds. The lowest BCUT2D eigenvalue weighted by Crippen LogP contribution is -2.39. The fourth-order valence-electron chi connectivity index (χ4n) is 5.78. The highest BCUT2D eigenvalue weighted by atomic mass is 31.1.